The van der Waals surface area contributed by atoms with Crippen LogP contribution in [0.4, 0.5) is 5.82 Å². The van der Waals surface area contributed by atoms with Crippen LogP contribution in [0.3, 0.4) is 0 Å². The molecule has 0 aliphatic heterocycles. The molecule has 3 rings (SSSR count). The van der Waals surface area contributed by atoms with Crippen molar-refractivity contribution in [3.8, 4) is 11.1 Å². The average Bonchev–Trinajstić information content (AvgIpc) is 2.84. The van der Waals surface area contributed by atoms with Gasteiger partial charge in [0.25, 0.3) is 0 Å². The molecule has 3 heteroatoms. The van der Waals surface area contributed by atoms with Crippen LogP contribution in [0.25, 0.3) is 11.1 Å². The third-order valence-corrected chi connectivity index (χ3v) is 3.75. The van der Waals surface area contributed by atoms with Crippen LogP contribution in [0, 0.1) is 6.92 Å². The van der Waals surface area contributed by atoms with Crippen molar-refractivity contribution in [2.45, 2.75) is 26.2 Å². The summed E-state index contributed by atoms with van der Waals surface area (Å²) in [6.07, 6.45) is 3.69. The van der Waals surface area contributed by atoms with Gasteiger partial charge in [0.05, 0.1) is 0 Å². The summed E-state index contributed by atoms with van der Waals surface area (Å²) in [5.74, 6) is 0.628. The summed E-state index contributed by atoms with van der Waals surface area (Å²) in [6.45, 7) is 2.06. The monoisotopic (exact) mass is 227 g/mol. The van der Waals surface area contributed by atoms with Crippen molar-refractivity contribution in [2.75, 3.05) is 5.73 Å². The van der Waals surface area contributed by atoms with Crippen molar-refractivity contribution < 1.29 is 0 Å². The van der Waals surface area contributed by atoms with E-state index in [0.29, 0.717) is 5.82 Å². The SMILES string of the molecule is Cc1c(-c2ccc3c(c2)CCC3)c(N)nn1C. The minimum atomic E-state index is 0.628. The zero-order valence-electron chi connectivity index (χ0n) is 10.3. The summed E-state index contributed by atoms with van der Waals surface area (Å²) in [7, 11) is 1.93. The van der Waals surface area contributed by atoms with E-state index in [1.54, 1.807) is 0 Å². The van der Waals surface area contributed by atoms with Gasteiger partial charge in [0.1, 0.15) is 0 Å². The topological polar surface area (TPSA) is 43.8 Å². The molecular formula is C14H17N3. The molecule has 1 heterocycles. The zero-order valence-corrected chi connectivity index (χ0v) is 10.3. The number of rotatable bonds is 1. The van der Waals surface area contributed by atoms with Gasteiger partial charge in [-0.15, -0.1) is 0 Å². The first-order valence-electron chi connectivity index (χ1n) is 6.08. The molecule has 0 radical (unpaired) electrons. The zero-order chi connectivity index (χ0) is 12.0. The maximum atomic E-state index is 5.99. The van der Waals surface area contributed by atoms with E-state index in [9.17, 15) is 0 Å². The Morgan fingerprint density at radius 1 is 1.24 bits per heavy atom. The lowest BCUT2D eigenvalue weighted by Crippen LogP contribution is -1.93. The van der Waals surface area contributed by atoms with Crippen LogP contribution >= 0.6 is 0 Å². The molecule has 3 nitrogen and oxygen atoms in total. The van der Waals surface area contributed by atoms with Gasteiger partial charge in [-0.2, -0.15) is 5.10 Å². The molecule has 0 bridgehead atoms. The van der Waals surface area contributed by atoms with E-state index < -0.39 is 0 Å². The molecule has 0 amide bonds. The third-order valence-electron chi connectivity index (χ3n) is 3.75. The number of nitrogens with zero attached hydrogens (tertiary/aromatic N) is 2. The highest BCUT2D eigenvalue weighted by Crippen LogP contribution is 2.32. The predicted octanol–water partition coefficient (Wildman–Crippen LogP) is 2.47. The first-order chi connectivity index (χ1) is 8.16. The van der Waals surface area contributed by atoms with Crippen LogP contribution in [0.1, 0.15) is 23.2 Å². The second kappa shape index (κ2) is 3.62. The molecule has 0 saturated carbocycles. The Kier molecular flexibility index (Phi) is 2.21. The molecule has 0 saturated heterocycles. The molecule has 2 aromatic rings. The highest BCUT2D eigenvalue weighted by atomic mass is 15.3. The average molecular weight is 227 g/mol. The number of nitrogens with two attached hydrogens (primary N) is 1. The Balaban J connectivity index is 2.15. The summed E-state index contributed by atoms with van der Waals surface area (Å²) in [5, 5.41) is 4.27. The normalized spacial score (nSPS) is 14.0. The van der Waals surface area contributed by atoms with E-state index in [2.05, 4.69) is 30.2 Å². The first-order valence-corrected chi connectivity index (χ1v) is 6.08. The number of hydrogen-bond acceptors (Lipinski definition) is 2. The number of anilines is 1. The van der Waals surface area contributed by atoms with E-state index in [1.807, 2.05) is 11.7 Å². The molecule has 1 aliphatic carbocycles. The Hall–Kier alpha value is -1.77. The molecule has 1 aliphatic rings. The molecule has 2 N–H and O–H groups in total. The lowest BCUT2D eigenvalue weighted by molar-refractivity contribution is 0.744. The van der Waals surface area contributed by atoms with E-state index in [-0.39, 0.29) is 0 Å². The largest absolute Gasteiger partial charge is 0.382 e. The molecule has 0 fully saturated rings. The highest BCUT2D eigenvalue weighted by Gasteiger charge is 2.16. The number of hydrogen-bond donors (Lipinski definition) is 1. The fourth-order valence-electron chi connectivity index (χ4n) is 2.72. The number of aromatic nitrogens is 2. The summed E-state index contributed by atoms with van der Waals surface area (Å²) >= 11 is 0. The van der Waals surface area contributed by atoms with Gasteiger partial charge in [0.15, 0.2) is 5.82 Å². The molecule has 17 heavy (non-hydrogen) atoms. The van der Waals surface area contributed by atoms with Gasteiger partial charge < -0.3 is 5.73 Å². The van der Waals surface area contributed by atoms with Crippen LogP contribution in [0.5, 0.6) is 0 Å². The molecule has 1 aromatic heterocycles. The maximum absolute atomic E-state index is 5.99. The van der Waals surface area contributed by atoms with Crippen LogP contribution in [-0.4, -0.2) is 9.78 Å². The Morgan fingerprint density at radius 2 is 2.00 bits per heavy atom. The smallest absolute Gasteiger partial charge is 0.153 e. The molecule has 88 valence electrons. The van der Waals surface area contributed by atoms with Gasteiger partial charge >= 0.3 is 0 Å². The quantitative estimate of drug-likeness (QED) is 0.813. The summed E-state index contributed by atoms with van der Waals surface area (Å²) in [5.41, 5.74) is 12.4. The fourth-order valence-corrected chi connectivity index (χ4v) is 2.72. The Morgan fingerprint density at radius 3 is 2.71 bits per heavy atom. The van der Waals surface area contributed by atoms with Gasteiger partial charge in [-0.05, 0) is 42.9 Å². The number of nitrogen functional groups attached to an aromatic ring is 1. The van der Waals surface area contributed by atoms with Crippen LogP contribution < -0.4 is 5.73 Å². The molecule has 1 aromatic carbocycles. The Bertz CT molecular complexity index is 581. The van der Waals surface area contributed by atoms with E-state index in [1.165, 1.54) is 36.0 Å². The summed E-state index contributed by atoms with van der Waals surface area (Å²) in [6, 6.07) is 6.69. The number of fused-ring (bicyclic) bond motifs is 1. The summed E-state index contributed by atoms with van der Waals surface area (Å²) in [4.78, 5) is 0. The molecule has 0 spiro atoms. The van der Waals surface area contributed by atoms with Crippen molar-refractivity contribution in [3.63, 3.8) is 0 Å². The number of benzene rings is 1. The number of aryl methyl sites for hydroxylation is 3. The predicted molar refractivity (Wildman–Crippen MR) is 69.8 cm³/mol. The van der Waals surface area contributed by atoms with E-state index in [0.717, 1.165) is 11.3 Å². The van der Waals surface area contributed by atoms with Gasteiger partial charge in [-0.1, -0.05) is 18.2 Å². The third kappa shape index (κ3) is 1.54. The van der Waals surface area contributed by atoms with Crippen molar-refractivity contribution in [1.82, 2.24) is 9.78 Å². The second-order valence-corrected chi connectivity index (χ2v) is 4.81. The highest BCUT2D eigenvalue weighted by molar-refractivity contribution is 5.77. The molecular weight excluding hydrogens is 210 g/mol. The van der Waals surface area contributed by atoms with Crippen molar-refractivity contribution in [3.05, 3.63) is 35.0 Å². The van der Waals surface area contributed by atoms with Crippen LogP contribution in [0.2, 0.25) is 0 Å². The van der Waals surface area contributed by atoms with Gasteiger partial charge in [-0.25, -0.2) is 0 Å². The Labute approximate surface area is 101 Å². The van der Waals surface area contributed by atoms with Crippen LogP contribution in [0.15, 0.2) is 18.2 Å². The minimum Gasteiger partial charge on any atom is -0.382 e. The van der Waals surface area contributed by atoms with Gasteiger partial charge in [-0.3, -0.25) is 4.68 Å². The summed E-state index contributed by atoms with van der Waals surface area (Å²) < 4.78 is 1.85. The van der Waals surface area contributed by atoms with Crippen molar-refractivity contribution in [1.29, 1.82) is 0 Å². The lowest BCUT2D eigenvalue weighted by atomic mass is 10.0. The van der Waals surface area contributed by atoms with E-state index in [4.69, 9.17) is 5.73 Å². The van der Waals surface area contributed by atoms with Crippen molar-refractivity contribution >= 4 is 5.82 Å². The van der Waals surface area contributed by atoms with Gasteiger partial charge in [0.2, 0.25) is 0 Å². The fraction of sp³-hybridized carbons (Fsp3) is 0.357. The van der Waals surface area contributed by atoms with Crippen LogP contribution in [-0.2, 0) is 19.9 Å². The minimum absolute atomic E-state index is 0.628. The lowest BCUT2D eigenvalue weighted by Gasteiger charge is -2.05. The first kappa shape index (κ1) is 10.4. The molecule has 0 unspecified atom stereocenters. The maximum Gasteiger partial charge on any atom is 0.153 e. The second-order valence-electron chi connectivity index (χ2n) is 4.81. The van der Waals surface area contributed by atoms with E-state index >= 15 is 0 Å². The molecule has 0 atom stereocenters. The standard InChI is InChI=1S/C14H17N3/c1-9-13(14(15)16-17(9)2)12-7-6-10-4-3-5-11(10)8-12/h6-8H,3-5H2,1-2H3,(H2,15,16). The van der Waals surface area contributed by atoms with Crippen molar-refractivity contribution in [2.24, 2.45) is 7.05 Å². The van der Waals surface area contributed by atoms with Gasteiger partial charge in [0, 0.05) is 18.3 Å².